The van der Waals surface area contributed by atoms with Crippen molar-refractivity contribution in [2.45, 2.75) is 4.90 Å². The van der Waals surface area contributed by atoms with Crippen molar-refractivity contribution in [1.82, 2.24) is 0 Å². The summed E-state index contributed by atoms with van der Waals surface area (Å²) < 4.78 is 29.0. The fraction of sp³-hybridized carbons (Fsp3) is 0. The first-order valence-electron chi connectivity index (χ1n) is 4.79. The Morgan fingerprint density at radius 3 is 2.50 bits per heavy atom. The van der Waals surface area contributed by atoms with E-state index in [9.17, 15) is 13.2 Å². The Labute approximate surface area is 117 Å². The highest BCUT2D eigenvalue weighted by Gasteiger charge is 2.18. The SMILES string of the molecule is NS(=O)(=O)c1cc(I)ccc1-c1ccc(C=O)o1. The first-order chi connectivity index (χ1) is 8.41. The van der Waals surface area contributed by atoms with Gasteiger partial charge in [-0.05, 0) is 52.9 Å². The second kappa shape index (κ2) is 4.82. The Hall–Kier alpha value is -1.19. The van der Waals surface area contributed by atoms with Gasteiger partial charge in [0.25, 0.3) is 0 Å². The van der Waals surface area contributed by atoms with Gasteiger partial charge in [-0.15, -0.1) is 0 Å². The lowest BCUT2D eigenvalue weighted by Crippen LogP contribution is -2.13. The number of furan rings is 1. The van der Waals surface area contributed by atoms with Gasteiger partial charge in [-0.1, -0.05) is 0 Å². The average Bonchev–Trinajstić information content (AvgIpc) is 2.76. The van der Waals surface area contributed by atoms with Crippen LogP contribution in [-0.2, 0) is 10.0 Å². The van der Waals surface area contributed by atoms with Crippen molar-refractivity contribution in [3.05, 3.63) is 39.7 Å². The Bertz CT molecular complexity index is 706. The molecule has 0 aliphatic rings. The zero-order valence-electron chi connectivity index (χ0n) is 8.96. The first-order valence-corrected chi connectivity index (χ1v) is 7.42. The number of aldehydes is 1. The van der Waals surface area contributed by atoms with E-state index in [0.717, 1.165) is 3.57 Å². The first kappa shape index (κ1) is 13.2. The molecule has 0 atom stereocenters. The molecule has 0 saturated carbocycles. The Morgan fingerprint density at radius 2 is 1.94 bits per heavy atom. The zero-order valence-corrected chi connectivity index (χ0v) is 11.9. The van der Waals surface area contributed by atoms with E-state index in [2.05, 4.69) is 0 Å². The molecule has 2 rings (SSSR count). The van der Waals surface area contributed by atoms with Gasteiger partial charge in [0.05, 0.1) is 4.90 Å². The largest absolute Gasteiger partial charge is 0.453 e. The molecule has 0 bridgehead atoms. The zero-order chi connectivity index (χ0) is 13.3. The molecule has 0 spiro atoms. The molecule has 0 fully saturated rings. The lowest BCUT2D eigenvalue weighted by Gasteiger charge is -2.05. The standard InChI is InChI=1S/C11H8INO4S/c12-7-1-3-9(11(5-7)18(13,15)16)10-4-2-8(6-14)17-10/h1-6H,(H2,13,15,16). The summed E-state index contributed by atoms with van der Waals surface area (Å²) in [5, 5.41) is 5.16. The molecule has 1 heterocycles. The summed E-state index contributed by atoms with van der Waals surface area (Å²) in [4.78, 5) is 10.5. The highest BCUT2D eigenvalue weighted by atomic mass is 127. The normalized spacial score (nSPS) is 11.4. The Balaban J connectivity index is 2.67. The Kier molecular flexibility index (Phi) is 3.55. The third kappa shape index (κ3) is 2.62. The molecule has 2 N–H and O–H groups in total. The molecule has 2 aromatic rings. The van der Waals surface area contributed by atoms with Crippen molar-refractivity contribution < 1.29 is 17.6 Å². The number of halogens is 1. The van der Waals surface area contributed by atoms with E-state index >= 15 is 0 Å². The minimum absolute atomic E-state index is 0.0267. The van der Waals surface area contributed by atoms with Gasteiger partial charge in [0, 0.05) is 9.13 Å². The summed E-state index contributed by atoms with van der Waals surface area (Å²) in [6.07, 6.45) is 0.548. The molecule has 0 saturated heterocycles. The van der Waals surface area contributed by atoms with Crippen LogP contribution >= 0.6 is 22.6 Å². The lowest BCUT2D eigenvalue weighted by atomic mass is 10.2. The quantitative estimate of drug-likeness (QED) is 0.655. The summed E-state index contributed by atoms with van der Waals surface area (Å²) in [5.74, 6) is 0.418. The van der Waals surface area contributed by atoms with E-state index in [1.54, 1.807) is 12.1 Å². The summed E-state index contributed by atoms with van der Waals surface area (Å²) in [6.45, 7) is 0. The van der Waals surface area contributed by atoms with Gasteiger partial charge < -0.3 is 4.42 Å². The summed E-state index contributed by atoms with van der Waals surface area (Å²) >= 11 is 1.99. The smallest absolute Gasteiger partial charge is 0.238 e. The molecule has 0 amide bonds. The highest BCUT2D eigenvalue weighted by molar-refractivity contribution is 14.1. The number of rotatable bonds is 3. The highest BCUT2D eigenvalue weighted by Crippen LogP contribution is 2.29. The van der Waals surface area contributed by atoms with Crippen LogP contribution in [0, 0.1) is 3.57 Å². The number of primary sulfonamides is 1. The minimum atomic E-state index is -3.85. The monoisotopic (exact) mass is 377 g/mol. The van der Waals surface area contributed by atoms with Gasteiger partial charge >= 0.3 is 0 Å². The molecular weight excluding hydrogens is 369 g/mol. The van der Waals surface area contributed by atoms with Crippen LogP contribution in [0.1, 0.15) is 10.6 Å². The van der Waals surface area contributed by atoms with Gasteiger partial charge in [0.15, 0.2) is 12.0 Å². The molecule has 1 aromatic carbocycles. The molecule has 7 heteroatoms. The molecule has 0 aliphatic carbocycles. The average molecular weight is 377 g/mol. The Morgan fingerprint density at radius 1 is 1.22 bits per heavy atom. The maximum absolute atomic E-state index is 11.5. The maximum atomic E-state index is 11.5. The van der Waals surface area contributed by atoms with Crippen molar-refractivity contribution in [2.75, 3.05) is 0 Å². The van der Waals surface area contributed by atoms with Gasteiger partial charge in [0.1, 0.15) is 5.76 Å². The molecule has 94 valence electrons. The topological polar surface area (TPSA) is 90.4 Å². The molecular formula is C11H8INO4S. The van der Waals surface area contributed by atoms with E-state index < -0.39 is 10.0 Å². The molecule has 1 aromatic heterocycles. The molecule has 0 radical (unpaired) electrons. The molecule has 5 nitrogen and oxygen atoms in total. The molecule has 0 aliphatic heterocycles. The van der Waals surface area contributed by atoms with Gasteiger partial charge in [-0.2, -0.15) is 0 Å². The predicted octanol–water partition coefficient (Wildman–Crippen LogP) is 2.01. The van der Waals surface area contributed by atoms with Crippen LogP contribution in [0.4, 0.5) is 0 Å². The molecule has 0 unspecified atom stereocenters. The maximum Gasteiger partial charge on any atom is 0.238 e. The van der Waals surface area contributed by atoms with Crippen LogP contribution in [0.5, 0.6) is 0 Å². The van der Waals surface area contributed by atoms with Crippen molar-refractivity contribution in [3.63, 3.8) is 0 Å². The summed E-state index contributed by atoms with van der Waals surface area (Å²) in [5.41, 5.74) is 0.339. The van der Waals surface area contributed by atoms with E-state index in [1.807, 2.05) is 22.6 Å². The van der Waals surface area contributed by atoms with Crippen LogP contribution in [0.3, 0.4) is 0 Å². The number of benzene rings is 1. The number of nitrogens with two attached hydrogens (primary N) is 1. The van der Waals surface area contributed by atoms with Crippen LogP contribution in [-0.4, -0.2) is 14.7 Å². The molecule has 18 heavy (non-hydrogen) atoms. The van der Waals surface area contributed by atoms with Gasteiger partial charge in [0.2, 0.25) is 10.0 Å². The number of hydrogen-bond donors (Lipinski definition) is 1. The predicted molar refractivity (Wildman–Crippen MR) is 73.6 cm³/mol. The van der Waals surface area contributed by atoms with Crippen molar-refractivity contribution >= 4 is 38.9 Å². The summed E-state index contributed by atoms with van der Waals surface area (Å²) in [6, 6.07) is 7.77. The van der Waals surface area contributed by atoms with Gasteiger partial charge in [-0.25, -0.2) is 13.6 Å². The minimum Gasteiger partial charge on any atom is -0.453 e. The van der Waals surface area contributed by atoms with E-state index in [-0.39, 0.29) is 16.4 Å². The van der Waals surface area contributed by atoms with E-state index in [0.29, 0.717) is 11.8 Å². The second-order valence-electron chi connectivity index (χ2n) is 3.51. The van der Waals surface area contributed by atoms with Gasteiger partial charge in [-0.3, -0.25) is 4.79 Å². The third-order valence-electron chi connectivity index (χ3n) is 2.26. The second-order valence-corrected chi connectivity index (χ2v) is 6.28. The number of hydrogen-bond acceptors (Lipinski definition) is 4. The van der Waals surface area contributed by atoms with Crippen molar-refractivity contribution in [3.8, 4) is 11.3 Å². The number of sulfonamides is 1. The fourth-order valence-electron chi connectivity index (χ4n) is 1.50. The van der Waals surface area contributed by atoms with Crippen molar-refractivity contribution in [2.24, 2.45) is 5.14 Å². The van der Waals surface area contributed by atoms with Crippen LogP contribution in [0.2, 0.25) is 0 Å². The van der Waals surface area contributed by atoms with Crippen LogP contribution in [0.25, 0.3) is 11.3 Å². The number of carbonyl (C=O) groups is 1. The van der Waals surface area contributed by atoms with Crippen LogP contribution < -0.4 is 5.14 Å². The lowest BCUT2D eigenvalue weighted by molar-refractivity contribution is 0.110. The summed E-state index contributed by atoms with van der Waals surface area (Å²) in [7, 11) is -3.85. The van der Waals surface area contributed by atoms with E-state index in [1.165, 1.54) is 18.2 Å². The number of carbonyl (C=O) groups excluding carboxylic acids is 1. The van der Waals surface area contributed by atoms with E-state index in [4.69, 9.17) is 9.56 Å². The third-order valence-corrected chi connectivity index (χ3v) is 3.88. The fourth-order valence-corrected chi connectivity index (χ4v) is 2.96. The van der Waals surface area contributed by atoms with Crippen molar-refractivity contribution in [1.29, 1.82) is 0 Å². The van der Waals surface area contributed by atoms with Crippen LogP contribution in [0.15, 0.2) is 39.6 Å².